The second-order valence-corrected chi connectivity index (χ2v) is 9.88. The molecule has 8 nitrogen and oxygen atoms in total. The average Bonchev–Trinajstić information content (AvgIpc) is 3.20. The number of carboxylic acid groups (broad SMARTS) is 1. The Bertz CT molecular complexity index is 754. The number of nitrogens with one attached hydrogen (secondary N) is 2. The number of aliphatic hydroxyl groups is 1. The summed E-state index contributed by atoms with van der Waals surface area (Å²) in [5, 5.41) is 27.6. The molecule has 3 rings (SSSR count). The van der Waals surface area contributed by atoms with Gasteiger partial charge in [-0.2, -0.15) is 0 Å². The fourth-order valence-corrected chi connectivity index (χ4v) is 6.56. The van der Waals surface area contributed by atoms with E-state index in [1.165, 1.54) is 11.0 Å². The van der Waals surface area contributed by atoms with Gasteiger partial charge >= 0.3 is 5.97 Å². The van der Waals surface area contributed by atoms with Gasteiger partial charge in [0.25, 0.3) is 0 Å². The molecule has 0 spiro atoms. The molecule has 0 aromatic heterocycles. The Morgan fingerprint density at radius 2 is 2.17 bits per heavy atom. The lowest BCUT2D eigenvalue weighted by Crippen LogP contribution is -2.63. The Balaban J connectivity index is 1.61. The summed E-state index contributed by atoms with van der Waals surface area (Å²) in [5.74, 6) is -1.34. The minimum Gasteiger partial charge on any atom is -0.477 e. The van der Waals surface area contributed by atoms with Gasteiger partial charge in [0.05, 0.1) is 18.1 Å². The Kier molecular flexibility index (Phi) is 6.98. The number of aliphatic carboxylic acids is 1. The van der Waals surface area contributed by atoms with Gasteiger partial charge < -0.3 is 25.7 Å². The largest absolute Gasteiger partial charge is 0.477 e. The van der Waals surface area contributed by atoms with E-state index in [1.807, 2.05) is 6.92 Å². The quantitative estimate of drug-likeness (QED) is 0.319. The van der Waals surface area contributed by atoms with Gasteiger partial charge in [0, 0.05) is 47.5 Å². The zero-order valence-corrected chi connectivity index (χ0v) is 18.3. The third-order valence-corrected chi connectivity index (χ3v) is 8.08. The number of hydrogen-bond acceptors (Lipinski definition) is 7. The maximum absolute atomic E-state index is 12.4. The summed E-state index contributed by atoms with van der Waals surface area (Å²) in [6, 6.07) is 0.00737. The average molecular weight is 442 g/mol. The molecule has 29 heavy (non-hydrogen) atoms. The second-order valence-electron chi connectivity index (χ2n) is 7.60. The van der Waals surface area contributed by atoms with Gasteiger partial charge in [0.15, 0.2) is 0 Å². The molecule has 2 saturated heterocycles. The van der Waals surface area contributed by atoms with Crippen molar-refractivity contribution in [2.45, 2.75) is 43.7 Å². The molecule has 2 amide bonds. The van der Waals surface area contributed by atoms with E-state index in [1.54, 1.807) is 42.9 Å². The Labute approximate surface area is 178 Å². The molecule has 0 aliphatic carbocycles. The number of nitrogens with zero attached hydrogens (tertiary/aromatic N) is 1. The van der Waals surface area contributed by atoms with Crippen LogP contribution in [0.15, 0.2) is 22.1 Å². The number of amides is 2. The van der Waals surface area contributed by atoms with E-state index in [2.05, 4.69) is 10.6 Å². The zero-order valence-electron chi connectivity index (χ0n) is 16.6. The standard InChI is InChI=1S/C19H27N3O5S2/c1-9-15-14(10(2)23)18(25)22(15)16(19(26)27)17(9)29-12-6-11(21-7-12)8-28-5-4-13(24)20-3/h4-5,9-12,14-15,21,23H,6-8H2,1-3H3,(H,20,24)(H,26,27)/b5-4+/t9-,10-,11+,12+,14-,15?/m1/s1. The van der Waals surface area contributed by atoms with Crippen molar-refractivity contribution in [2.24, 2.45) is 11.8 Å². The van der Waals surface area contributed by atoms with Crippen LogP contribution in [0.25, 0.3) is 0 Å². The van der Waals surface area contributed by atoms with Crippen LogP contribution in [0.4, 0.5) is 0 Å². The molecule has 160 valence electrons. The molecule has 4 N–H and O–H groups in total. The second kappa shape index (κ2) is 9.11. The van der Waals surface area contributed by atoms with Gasteiger partial charge in [0.1, 0.15) is 5.70 Å². The number of carbonyl (C=O) groups excluding carboxylic acids is 2. The molecule has 3 aliphatic heterocycles. The summed E-state index contributed by atoms with van der Waals surface area (Å²) in [7, 11) is 1.58. The molecule has 6 atom stereocenters. The van der Waals surface area contributed by atoms with Gasteiger partial charge in [-0.15, -0.1) is 23.5 Å². The maximum Gasteiger partial charge on any atom is 0.353 e. The first-order valence-corrected chi connectivity index (χ1v) is 11.6. The minimum atomic E-state index is -1.09. The minimum absolute atomic E-state index is 0.0840. The Morgan fingerprint density at radius 1 is 1.45 bits per heavy atom. The van der Waals surface area contributed by atoms with Crippen LogP contribution < -0.4 is 10.6 Å². The highest BCUT2D eigenvalue weighted by molar-refractivity contribution is 8.03. The molecule has 0 radical (unpaired) electrons. The smallest absolute Gasteiger partial charge is 0.353 e. The van der Waals surface area contributed by atoms with Crippen molar-refractivity contribution in [3.8, 4) is 0 Å². The molecule has 3 aliphatic rings. The van der Waals surface area contributed by atoms with Crippen molar-refractivity contribution in [1.29, 1.82) is 0 Å². The third kappa shape index (κ3) is 4.35. The molecule has 0 aromatic rings. The summed E-state index contributed by atoms with van der Waals surface area (Å²) < 4.78 is 0. The van der Waals surface area contributed by atoms with E-state index in [0.717, 1.165) is 23.6 Å². The van der Waals surface area contributed by atoms with Gasteiger partial charge in [-0.05, 0) is 18.8 Å². The number of hydrogen-bond donors (Lipinski definition) is 4. The first-order chi connectivity index (χ1) is 13.8. The molecule has 10 heteroatoms. The summed E-state index contributed by atoms with van der Waals surface area (Å²) in [4.78, 5) is 37.6. The molecule has 0 aromatic carbocycles. The fraction of sp³-hybridized carbons (Fsp3) is 0.632. The van der Waals surface area contributed by atoms with Crippen LogP contribution in [0.2, 0.25) is 0 Å². The van der Waals surface area contributed by atoms with Crippen LogP contribution in [0, 0.1) is 11.8 Å². The number of rotatable bonds is 8. The van der Waals surface area contributed by atoms with E-state index in [4.69, 9.17) is 0 Å². The molecular formula is C19H27N3O5S2. The van der Waals surface area contributed by atoms with Gasteiger partial charge in [0.2, 0.25) is 11.8 Å². The highest BCUT2D eigenvalue weighted by Crippen LogP contribution is 2.51. The van der Waals surface area contributed by atoms with Crippen LogP contribution >= 0.6 is 23.5 Å². The third-order valence-electron chi connectivity index (χ3n) is 5.65. The van der Waals surface area contributed by atoms with Crippen molar-refractivity contribution in [3.05, 3.63) is 22.1 Å². The van der Waals surface area contributed by atoms with E-state index < -0.39 is 18.0 Å². The summed E-state index contributed by atoms with van der Waals surface area (Å²) in [6.07, 6.45) is 1.59. The molecule has 1 unspecified atom stereocenters. The van der Waals surface area contributed by atoms with Crippen LogP contribution in [0.1, 0.15) is 20.3 Å². The molecule has 0 bridgehead atoms. The Hall–Kier alpha value is -1.49. The normalized spacial score (nSPS) is 32.5. The number of carboxylic acids is 1. The lowest BCUT2D eigenvalue weighted by Gasteiger charge is -2.46. The highest BCUT2D eigenvalue weighted by atomic mass is 32.2. The maximum atomic E-state index is 12.4. The van der Waals surface area contributed by atoms with Gasteiger partial charge in [-0.25, -0.2) is 4.79 Å². The van der Waals surface area contributed by atoms with E-state index in [-0.39, 0.29) is 40.8 Å². The number of carbonyl (C=O) groups is 3. The molecule has 0 saturated carbocycles. The van der Waals surface area contributed by atoms with Crippen molar-refractivity contribution >= 4 is 41.3 Å². The van der Waals surface area contributed by atoms with Crippen molar-refractivity contribution in [3.63, 3.8) is 0 Å². The number of fused-ring (bicyclic) bond motifs is 1. The van der Waals surface area contributed by atoms with Gasteiger partial charge in [-0.3, -0.25) is 9.59 Å². The van der Waals surface area contributed by atoms with E-state index in [9.17, 15) is 24.6 Å². The Morgan fingerprint density at radius 3 is 2.79 bits per heavy atom. The van der Waals surface area contributed by atoms with Gasteiger partial charge in [-0.1, -0.05) is 6.92 Å². The van der Waals surface area contributed by atoms with Crippen molar-refractivity contribution in [2.75, 3.05) is 19.3 Å². The lowest BCUT2D eigenvalue weighted by atomic mass is 9.79. The predicted octanol–water partition coefficient (Wildman–Crippen LogP) is 0.597. The summed E-state index contributed by atoms with van der Waals surface area (Å²) in [6.45, 7) is 4.29. The molecule has 3 heterocycles. The van der Waals surface area contributed by atoms with Crippen molar-refractivity contribution in [1.82, 2.24) is 15.5 Å². The number of likely N-dealkylation sites (N-methyl/N-ethyl adjacent to an activating group) is 1. The lowest BCUT2D eigenvalue weighted by molar-refractivity contribution is -0.163. The number of thioether (sulfide) groups is 2. The first kappa shape index (κ1) is 22.2. The molecular weight excluding hydrogens is 414 g/mol. The SMILES string of the molecule is CNC(=O)/C=C/SC[C@@H]1C[C@H](SC2=C(C(=O)O)N3C(=O)[C@H]([C@@H](C)O)C3[C@H]2C)CN1. The van der Waals surface area contributed by atoms with Crippen LogP contribution in [-0.4, -0.2) is 75.7 Å². The fourth-order valence-electron chi connectivity index (χ4n) is 4.22. The predicted molar refractivity (Wildman–Crippen MR) is 113 cm³/mol. The number of β-lactam (4-membered cyclic amide) rings is 1. The molecule has 2 fully saturated rings. The van der Waals surface area contributed by atoms with E-state index >= 15 is 0 Å². The zero-order chi connectivity index (χ0) is 21.3. The van der Waals surface area contributed by atoms with E-state index in [0.29, 0.717) is 0 Å². The first-order valence-electron chi connectivity index (χ1n) is 9.64. The van der Waals surface area contributed by atoms with Crippen LogP contribution in [0.5, 0.6) is 0 Å². The van der Waals surface area contributed by atoms with Crippen molar-refractivity contribution < 1.29 is 24.6 Å². The summed E-state index contributed by atoms with van der Waals surface area (Å²) in [5.41, 5.74) is 0.0840. The topological polar surface area (TPSA) is 119 Å². The number of aliphatic hydroxyl groups excluding tert-OH is 1. The highest BCUT2D eigenvalue weighted by Gasteiger charge is 2.60. The van der Waals surface area contributed by atoms with Crippen LogP contribution in [-0.2, 0) is 14.4 Å². The summed E-state index contributed by atoms with van der Waals surface area (Å²) >= 11 is 3.10. The monoisotopic (exact) mass is 441 g/mol. The van der Waals surface area contributed by atoms with Crippen LogP contribution in [0.3, 0.4) is 0 Å².